The standard InChI is InChI=1S/C11H16FNO/c1-4-8(2)13-11-7-9(14-3)5-6-10(11)12/h5-8,13H,4H2,1-3H3/t8-/m0/s1. The largest absolute Gasteiger partial charge is 0.497 e. The van der Waals surface area contributed by atoms with Gasteiger partial charge in [-0.25, -0.2) is 4.39 Å². The lowest BCUT2D eigenvalue weighted by Crippen LogP contribution is -2.14. The van der Waals surface area contributed by atoms with Gasteiger partial charge in [0.2, 0.25) is 0 Å². The van der Waals surface area contributed by atoms with Gasteiger partial charge in [-0.2, -0.15) is 0 Å². The summed E-state index contributed by atoms with van der Waals surface area (Å²) in [5, 5.41) is 3.08. The Hall–Kier alpha value is -1.25. The fraction of sp³-hybridized carbons (Fsp3) is 0.455. The number of nitrogens with one attached hydrogen (secondary N) is 1. The van der Waals surface area contributed by atoms with Crippen molar-refractivity contribution in [1.29, 1.82) is 0 Å². The van der Waals surface area contributed by atoms with Gasteiger partial charge in [0.25, 0.3) is 0 Å². The van der Waals surface area contributed by atoms with Gasteiger partial charge in [0.05, 0.1) is 12.8 Å². The summed E-state index contributed by atoms with van der Waals surface area (Å²) >= 11 is 0. The molecular weight excluding hydrogens is 181 g/mol. The Labute approximate surface area is 84.1 Å². The summed E-state index contributed by atoms with van der Waals surface area (Å²) < 4.78 is 18.3. The van der Waals surface area contributed by atoms with Crippen LogP contribution in [-0.4, -0.2) is 13.2 Å². The molecule has 0 aromatic heterocycles. The van der Waals surface area contributed by atoms with Crippen molar-refractivity contribution in [3.8, 4) is 5.75 Å². The molecule has 0 radical (unpaired) electrons. The highest BCUT2D eigenvalue weighted by atomic mass is 19.1. The maximum atomic E-state index is 13.3. The maximum Gasteiger partial charge on any atom is 0.146 e. The summed E-state index contributed by atoms with van der Waals surface area (Å²) in [6, 6.07) is 4.94. The highest BCUT2D eigenvalue weighted by Gasteiger charge is 2.05. The smallest absolute Gasteiger partial charge is 0.146 e. The van der Waals surface area contributed by atoms with Crippen molar-refractivity contribution in [2.24, 2.45) is 0 Å². The van der Waals surface area contributed by atoms with Crippen molar-refractivity contribution in [3.05, 3.63) is 24.0 Å². The first-order valence-corrected chi connectivity index (χ1v) is 4.77. The Kier molecular flexibility index (Phi) is 3.74. The molecule has 0 aliphatic rings. The van der Waals surface area contributed by atoms with Crippen LogP contribution < -0.4 is 10.1 Å². The molecular formula is C11H16FNO. The third-order valence-electron chi connectivity index (χ3n) is 2.19. The van der Waals surface area contributed by atoms with Crippen LogP contribution in [0.5, 0.6) is 5.75 Å². The van der Waals surface area contributed by atoms with Crippen LogP contribution >= 0.6 is 0 Å². The Morgan fingerprint density at radius 1 is 1.50 bits per heavy atom. The van der Waals surface area contributed by atoms with Gasteiger partial charge in [-0.15, -0.1) is 0 Å². The van der Waals surface area contributed by atoms with Gasteiger partial charge < -0.3 is 10.1 Å². The average Bonchev–Trinajstić information content (AvgIpc) is 2.21. The summed E-state index contributed by atoms with van der Waals surface area (Å²) in [6.45, 7) is 4.06. The second-order valence-corrected chi connectivity index (χ2v) is 3.30. The molecule has 3 heteroatoms. The zero-order chi connectivity index (χ0) is 10.6. The molecule has 1 rings (SSSR count). The van der Waals surface area contributed by atoms with Gasteiger partial charge in [0.15, 0.2) is 0 Å². The van der Waals surface area contributed by atoms with Crippen LogP contribution in [0.3, 0.4) is 0 Å². The second kappa shape index (κ2) is 4.84. The minimum absolute atomic E-state index is 0.244. The Balaban J connectivity index is 2.83. The fourth-order valence-corrected chi connectivity index (χ4v) is 1.11. The first-order chi connectivity index (χ1) is 6.67. The van der Waals surface area contributed by atoms with E-state index in [2.05, 4.69) is 12.2 Å². The molecule has 0 spiro atoms. The van der Waals surface area contributed by atoms with E-state index in [0.29, 0.717) is 11.4 Å². The van der Waals surface area contributed by atoms with E-state index >= 15 is 0 Å². The number of methoxy groups -OCH3 is 1. The predicted molar refractivity (Wildman–Crippen MR) is 56.3 cm³/mol. The predicted octanol–water partition coefficient (Wildman–Crippen LogP) is 3.04. The normalized spacial score (nSPS) is 12.3. The van der Waals surface area contributed by atoms with E-state index in [9.17, 15) is 4.39 Å². The van der Waals surface area contributed by atoms with Crippen LogP contribution in [0.25, 0.3) is 0 Å². The van der Waals surface area contributed by atoms with Gasteiger partial charge in [-0.05, 0) is 25.5 Å². The summed E-state index contributed by atoms with van der Waals surface area (Å²) in [6.07, 6.45) is 0.955. The van der Waals surface area contributed by atoms with E-state index in [1.54, 1.807) is 19.2 Å². The highest BCUT2D eigenvalue weighted by Crippen LogP contribution is 2.21. The zero-order valence-electron chi connectivity index (χ0n) is 8.80. The number of benzene rings is 1. The van der Waals surface area contributed by atoms with E-state index < -0.39 is 0 Å². The lowest BCUT2D eigenvalue weighted by molar-refractivity contribution is 0.414. The number of halogens is 1. The first-order valence-electron chi connectivity index (χ1n) is 4.77. The highest BCUT2D eigenvalue weighted by molar-refractivity contribution is 5.50. The monoisotopic (exact) mass is 197 g/mol. The van der Waals surface area contributed by atoms with Crippen LogP contribution in [-0.2, 0) is 0 Å². The number of hydrogen-bond donors (Lipinski definition) is 1. The average molecular weight is 197 g/mol. The van der Waals surface area contributed by atoms with Gasteiger partial charge in [0, 0.05) is 12.1 Å². The van der Waals surface area contributed by atoms with Gasteiger partial charge >= 0.3 is 0 Å². The van der Waals surface area contributed by atoms with Gasteiger partial charge in [-0.1, -0.05) is 6.92 Å². The lowest BCUT2D eigenvalue weighted by Gasteiger charge is -2.14. The minimum Gasteiger partial charge on any atom is -0.497 e. The van der Waals surface area contributed by atoms with Crippen LogP contribution in [0.2, 0.25) is 0 Å². The Morgan fingerprint density at radius 3 is 2.79 bits per heavy atom. The van der Waals surface area contributed by atoms with Crippen molar-refractivity contribution in [2.45, 2.75) is 26.3 Å². The van der Waals surface area contributed by atoms with Crippen molar-refractivity contribution in [2.75, 3.05) is 12.4 Å². The Bertz CT molecular complexity index is 301. The zero-order valence-corrected chi connectivity index (χ0v) is 8.80. The quantitative estimate of drug-likeness (QED) is 0.801. The fourth-order valence-electron chi connectivity index (χ4n) is 1.11. The molecule has 0 aliphatic carbocycles. The Morgan fingerprint density at radius 2 is 2.21 bits per heavy atom. The molecule has 0 saturated heterocycles. The van der Waals surface area contributed by atoms with Crippen LogP contribution in [0.15, 0.2) is 18.2 Å². The topological polar surface area (TPSA) is 21.3 Å². The number of rotatable bonds is 4. The van der Waals surface area contributed by atoms with Crippen molar-refractivity contribution in [1.82, 2.24) is 0 Å². The summed E-state index contributed by atoms with van der Waals surface area (Å²) in [7, 11) is 1.57. The molecule has 0 unspecified atom stereocenters. The van der Waals surface area contributed by atoms with Crippen LogP contribution in [0.4, 0.5) is 10.1 Å². The molecule has 0 amide bonds. The van der Waals surface area contributed by atoms with Crippen molar-refractivity contribution < 1.29 is 9.13 Å². The molecule has 14 heavy (non-hydrogen) atoms. The molecule has 1 aromatic rings. The van der Waals surface area contributed by atoms with E-state index in [-0.39, 0.29) is 11.9 Å². The number of hydrogen-bond acceptors (Lipinski definition) is 2. The molecule has 0 saturated carbocycles. The van der Waals surface area contributed by atoms with Gasteiger partial charge in [-0.3, -0.25) is 0 Å². The van der Waals surface area contributed by atoms with E-state index in [1.165, 1.54) is 6.07 Å². The molecule has 0 bridgehead atoms. The second-order valence-electron chi connectivity index (χ2n) is 3.30. The van der Waals surface area contributed by atoms with Gasteiger partial charge in [0.1, 0.15) is 11.6 Å². The van der Waals surface area contributed by atoms with E-state index in [0.717, 1.165) is 6.42 Å². The third-order valence-corrected chi connectivity index (χ3v) is 2.19. The SMILES string of the molecule is CC[C@H](C)Nc1cc(OC)ccc1F. The molecule has 0 fully saturated rings. The van der Waals surface area contributed by atoms with Crippen molar-refractivity contribution >= 4 is 5.69 Å². The lowest BCUT2D eigenvalue weighted by atomic mass is 10.2. The van der Waals surface area contributed by atoms with E-state index in [1.807, 2.05) is 6.92 Å². The molecule has 0 heterocycles. The summed E-state index contributed by atoms with van der Waals surface area (Å²) in [4.78, 5) is 0. The first kappa shape index (κ1) is 10.8. The van der Waals surface area contributed by atoms with Crippen LogP contribution in [0, 0.1) is 5.82 Å². The molecule has 78 valence electrons. The molecule has 1 aromatic carbocycles. The van der Waals surface area contributed by atoms with E-state index in [4.69, 9.17) is 4.74 Å². The number of ether oxygens (including phenoxy) is 1. The molecule has 1 N–H and O–H groups in total. The molecule has 0 aliphatic heterocycles. The van der Waals surface area contributed by atoms with Crippen molar-refractivity contribution in [3.63, 3.8) is 0 Å². The summed E-state index contributed by atoms with van der Waals surface area (Å²) in [5.41, 5.74) is 0.499. The third kappa shape index (κ3) is 2.62. The molecule has 1 atom stereocenters. The minimum atomic E-state index is -0.244. The maximum absolute atomic E-state index is 13.3. The summed E-state index contributed by atoms with van der Waals surface area (Å²) in [5.74, 6) is 0.420. The molecule has 2 nitrogen and oxygen atoms in total. The number of anilines is 1. The van der Waals surface area contributed by atoms with Crippen LogP contribution in [0.1, 0.15) is 20.3 Å².